The normalized spacial score (nSPS) is 14.2. The Balaban J connectivity index is 2.64. The van der Waals surface area contributed by atoms with E-state index >= 15 is 0 Å². The molecule has 4 heteroatoms. The quantitative estimate of drug-likeness (QED) is 0.722. The highest BCUT2D eigenvalue weighted by atomic mass is 16.3. The van der Waals surface area contributed by atoms with Crippen LogP contribution in [0, 0.1) is 13.8 Å². The summed E-state index contributed by atoms with van der Waals surface area (Å²) in [5.74, 6) is -0.154. The molecule has 0 aromatic heterocycles. The molecule has 4 nitrogen and oxygen atoms in total. The first-order chi connectivity index (χ1) is 7.91. The van der Waals surface area contributed by atoms with Gasteiger partial charge < -0.3 is 16.2 Å². The minimum Gasteiger partial charge on any atom is -0.392 e. The number of carbonyl (C=O) groups excluding carboxylic acids is 1. The van der Waals surface area contributed by atoms with Crippen LogP contribution in [0.25, 0.3) is 0 Å². The molecule has 0 bridgehead atoms. The summed E-state index contributed by atoms with van der Waals surface area (Å²) < 4.78 is 0. The van der Waals surface area contributed by atoms with Gasteiger partial charge in [-0.2, -0.15) is 0 Å². The van der Waals surface area contributed by atoms with Crippen LogP contribution in [-0.4, -0.2) is 29.7 Å². The van der Waals surface area contributed by atoms with E-state index in [1.165, 1.54) is 0 Å². The van der Waals surface area contributed by atoms with Crippen molar-refractivity contribution in [2.45, 2.75) is 32.9 Å². The van der Waals surface area contributed by atoms with Gasteiger partial charge >= 0.3 is 0 Å². The predicted molar refractivity (Wildman–Crippen MR) is 67.9 cm³/mol. The average molecular weight is 236 g/mol. The van der Waals surface area contributed by atoms with Gasteiger partial charge in [-0.25, -0.2) is 0 Å². The molecule has 1 rings (SSSR count). The van der Waals surface area contributed by atoms with Crippen molar-refractivity contribution in [3.8, 4) is 0 Å². The van der Waals surface area contributed by atoms with Crippen LogP contribution in [0.4, 0.5) is 0 Å². The average Bonchev–Trinajstić information content (AvgIpc) is 2.25. The molecule has 1 aromatic carbocycles. The van der Waals surface area contributed by atoms with E-state index in [0.717, 1.165) is 11.1 Å². The lowest BCUT2D eigenvalue weighted by atomic mass is 10.1. The first-order valence-electron chi connectivity index (χ1n) is 5.71. The van der Waals surface area contributed by atoms with Crippen molar-refractivity contribution in [2.75, 3.05) is 6.54 Å². The van der Waals surface area contributed by atoms with Crippen molar-refractivity contribution in [1.82, 2.24) is 5.32 Å². The molecule has 17 heavy (non-hydrogen) atoms. The Bertz CT molecular complexity index is 402. The molecular weight excluding hydrogens is 216 g/mol. The molecule has 2 unspecified atom stereocenters. The Morgan fingerprint density at radius 2 is 2.12 bits per heavy atom. The van der Waals surface area contributed by atoms with Crippen LogP contribution >= 0.6 is 0 Å². The van der Waals surface area contributed by atoms with Crippen molar-refractivity contribution in [1.29, 1.82) is 0 Å². The van der Waals surface area contributed by atoms with E-state index in [1.54, 1.807) is 13.0 Å². The van der Waals surface area contributed by atoms with Crippen LogP contribution in [-0.2, 0) is 0 Å². The van der Waals surface area contributed by atoms with Crippen LogP contribution in [0.1, 0.15) is 28.4 Å². The molecule has 0 saturated heterocycles. The number of benzene rings is 1. The van der Waals surface area contributed by atoms with Crippen molar-refractivity contribution in [2.24, 2.45) is 5.73 Å². The molecule has 4 N–H and O–H groups in total. The summed E-state index contributed by atoms with van der Waals surface area (Å²) in [5.41, 5.74) is 8.35. The van der Waals surface area contributed by atoms with Gasteiger partial charge in [0.15, 0.2) is 0 Å². The second-order valence-corrected chi connectivity index (χ2v) is 4.43. The summed E-state index contributed by atoms with van der Waals surface area (Å²) >= 11 is 0. The molecule has 0 radical (unpaired) electrons. The number of carbonyl (C=O) groups is 1. The number of nitrogens with one attached hydrogen (secondary N) is 1. The van der Waals surface area contributed by atoms with E-state index in [-0.39, 0.29) is 12.5 Å². The van der Waals surface area contributed by atoms with E-state index in [4.69, 9.17) is 5.73 Å². The first kappa shape index (κ1) is 13.7. The second-order valence-electron chi connectivity index (χ2n) is 4.43. The van der Waals surface area contributed by atoms with E-state index < -0.39 is 12.1 Å². The molecule has 0 saturated carbocycles. The maximum Gasteiger partial charge on any atom is 0.251 e. The Morgan fingerprint density at radius 1 is 1.47 bits per heavy atom. The fourth-order valence-corrected chi connectivity index (χ4v) is 1.54. The summed E-state index contributed by atoms with van der Waals surface area (Å²) in [5, 5.41) is 11.9. The first-order valence-corrected chi connectivity index (χ1v) is 5.71. The van der Waals surface area contributed by atoms with Gasteiger partial charge in [0.05, 0.1) is 6.10 Å². The van der Waals surface area contributed by atoms with Crippen molar-refractivity contribution < 1.29 is 9.90 Å². The monoisotopic (exact) mass is 236 g/mol. The molecule has 94 valence electrons. The molecule has 1 aromatic rings. The number of aryl methyl sites for hydroxylation is 2. The molecule has 0 aliphatic heterocycles. The number of hydrogen-bond acceptors (Lipinski definition) is 3. The number of hydrogen-bond donors (Lipinski definition) is 3. The lowest BCUT2D eigenvalue weighted by Crippen LogP contribution is -2.43. The van der Waals surface area contributed by atoms with Gasteiger partial charge in [0, 0.05) is 18.2 Å². The van der Waals surface area contributed by atoms with Crippen molar-refractivity contribution in [3.05, 3.63) is 34.9 Å². The topological polar surface area (TPSA) is 75.4 Å². The van der Waals surface area contributed by atoms with E-state index in [9.17, 15) is 9.90 Å². The maximum absolute atomic E-state index is 11.9. The van der Waals surface area contributed by atoms with Gasteiger partial charge in [-0.3, -0.25) is 4.79 Å². The molecule has 0 spiro atoms. The minimum atomic E-state index is -0.630. The zero-order chi connectivity index (χ0) is 13.0. The van der Waals surface area contributed by atoms with Crippen molar-refractivity contribution in [3.63, 3.8) is 0 Å². The zero-order valence-electron chi connectivity index (χ0n) is 10.5. The predicted octanol–water partition coefficient (Wildman–Crippen LogP) is 0.741. The van der Waals surface area contributed by atoms with E-state index in [1.807, 2.05) is 26.0 Å². The molecule has 0 aliphatic rings. The standard InChI is InChI=1S/C13H20N2O2/c1-8-4-5-11(9(2)6-8)13(17)15-7-12(14)10(3)16/h4-6,10,12,16H,7,14H2,1-3H3,(H,15,17). The third-order valence-corrected chi connectivity index (χ3v) is 2.74. The van der Waals surface area contributed by atoms with Crippen LogP contribution < -0.4 is 11.1 Å². The highest BCUT2D eigenvalue weighted by Crippen LogP contribution is 2.10. The van der Waals surface area contributed by atoms with E-state index in [2.05, 4.69) is 5.32 Å². The van der Waals surface area contributed by atoms with Crippen LogP contribution in [0.2, 0.25) is 0 Å². The maximum atomic E-state index is 11.9. The largest absolute Gasteiger partial charge is 0.392 e. The Labute approximate surface area is 102 Å². The Hall–Kier alpha value is -1.39. The van der Waals surface area contributed by atoms with Gasteiger partial charge in [0.1, 0.15) is 0 Å². The summed E-state index contributed by atoms with van der Waals surface area (Å²) in [6.07, 6.45) is -0.630. The van der Waals surface area contributed by atoms with Crippen LogP contribution in [0.15, 0.2) is 18.2 Å². The lowest BCUT2D eigenvalue weighted by molar-refractivity contribution is 0.0937. The van der Waals surface area contributed by atoms with Crippen molar-refractivity contribution >= 4 is 5.91 Å². The molecule has 0 fully saturated rings. The third-order valence-electron chi connectivity index (χ3n) is 2.74. The molecular formula is C13H20N2O2. The molecule has 1 amide bonds. The number of aliphatic hydroxyl groups excluding tert-OH is 1. The van der Waals surface area contributed by atoms with Gasteiger partial charge in [-0.05, 0) is 32.4 Å². The summed E-state index contributed by atoms with van der Waals surface area (Å²) in [4.78, 5) is 11.9. The zero-order valence-corrected chi connectivity index (χ0v) is 10.5. The molecule has 0 heterocycles. The van der Waals surface area contributed by atoms with Gasteiger partial charge in [-0.1, -0.05) is 17.7 Å². The Kier molecular flexibility index (Phi) is 4.66. The van der Waals surface area contributed by atoms with Gasteiger partial charge in [0.25, 0.3) is 5.91 Å². The summed E-state index contributed by atoms with van der Waals surface area (Å²) in [6.45, 7) is 5.76. The Morgan fingerprint density at radius 3 is 2.65 bits per heavy atom. The minimum absolute atomic E-state index is 0.154. The number of aliphatic hydroxyl groups is 1. The summed E-state index contributed by atoms with van der Waals surface area (Å²) in [7, 11) is 0. The van der Waals surface area contributed by atoms with Crippen LogP contribution in [0.3, 0.4) is 0 Å². The molecule has 2 atom stereocenters. The highest BCUT2D eigenvalue weighted by molar-refractivity contribution is 5.95. The smallest absolute Gasteiger partial charge is 0.251 e. The number of nitrogens with two attached hydrogens (primary N) is 1. The fourth-order valence-electron chi connectivity index (χ4n) is 1.54. The third kappa shape index (κ3) is 3.84. The summed E-state index contributed by atoms with van der Waals surface area (Å²) in [6, 6.07) is 5.22. The highest BCUT2D eigenvalue weighted by Gasteiger charge is 2.13. The van der Waals surface area contributed by atoms with Gasteiger partial charge in [0.2, 0.25) is 0 Å². The fraction of sp³-hybridized carbons (Fsp3) is 0.462. The SMILES string of the molecule is Cc1ccc(C(=O)NCC(N)C(C)O)c(C)c1. The second kappa shape index (κ2) is 5.80. The number of rotatable bonds is 4. The van der Waals surface area contributed by atoms with E-state index in [0.29, 0.717) is 5.56 Å². The number of amides is 1. The molecule has 0 aliphatic carbocycles. The lowest BCUT2D eigenvalue weighted by Gasteiger charge is -2.15. The van der Waals surface area contributed by atoms with Crippen LogP contribution in [0.5, 0.6) is 0 Å². The van der Waals surface area contributed by atoms with Gasteiger partial charge in [-0.15, -0.1) is 0 Å².